The lowest BCUT2D eigenvalue weighted by molar-refractivity contribution is 0.0300. The topological polar surface area (TPSA) is 9.23 Å². The van der Waals surface area contributed by atoms with E-state index >= 15 is 0 Å². The fourth-order valence-electron chi connectivity index (χ4n) is 16.5. The Morgan fingerprint density at radius 3 is 1.02 bits per heavy atom. The number of rotatable bonds is 38. The smallest absolute Gasteiger partial charge is 0.145 e. The van der Waals surface area contributed by atoms with Crippen molar-refractivity contribution in [2.24, 2.45) is 23.7 Å². The lowest BCUT2D eigenvalue weighted by Crippen LogP contribution is -2.41. The zero-order valence-corrected chi connectivity index (χ0v) is 61.9. The molecular formula is C87H114OS4. The van der Waals surface area contributed by atoms with Crippen LogP contribution in [0.4, 0.5) is 0 Å². The zero-order chi connectivity index (χ0) is 64.2. The van der Waals surface area contributed by atoms with E-state index in [4.69, 9.17) is 4.74 Å². The van der Waals surface area contributed by atoms with Crippen molar-refractivity contribution in [2.75, 3.05) is 0 Å². The third-order valence-corrected chi connectivity index (χ3v) is 26.6. The Labute approximate surface area is 575 Å². The predicted molar refractivity (Wildman–Crippen MR) is 406 cm³/mol. The molecule has 0 amide bonds. The van der Waals surface area contributed by atoms with Gasteiger partial charge in [-0.3, -0.25) is 0 Å². The van der Waals surface area contributed by atoms with Gasteiger partial charge in [-0.1, -0.05) is 282 Å². The minimum absolute atomic E-state index is 0.519. The summed E-state index contributed by atoms with van der Waals surface area (Å²) in [6.45, 7) is 24.1. The number of fused-ring (bicyclic) bond motifs is 11. The number of aryl methyl sites for hydroxylation is 4. The number of benzene rings is 4. The summed E-state index contributed by atoms with van der Waals surface area (Å²) in [6, 6.07) is 45.7. The van der Waals surface area contributed by atoms with Crippen LogP contribution in [0.25, 0.3) is 29.3 Å². The summed E-state index contributed by atoms with van der Waals surface area (Å²) in [5, 5.41) is 4.83. The van der Waals surface area contributed by atoms with Gasteiger partial charge < -0.3 is 4.74 Å². The molecule has 0 saturated heterocycles. The second kappa shape index (κ2) is 32.0. The molecular weight excluding hydrogens is 1190 g/mol. The maximum absolute atomic E-state index is 8.93. The fraction of sp³-hybridized carbons (Fsp3) is 0.540. The van der Waals surface area contributed by atoms with Crippen LogP contribution in [0.2, 0.25) is 0 Å². The number of hydrogen-bond acceptors (Lipinski definition) is 5. The van der Waals surface area contributed by atoms with Gasteiger partial charge in [-0.05, 0) is 185 Å². The van der Waals surface area contributed by atoms with Crippen LogP contribution < -0.4 is 4.74 Å². The quantitative estimate of drug-likeness (QED) is 0.0351. The van der Waals surface area contributed by atoms with E-state index < -0.39 is 16.4 Å². The van der Waals surface area contributed by atoms with Crippen molar-refractivity contribution in [1.82, 2.24) is 0 Å². The van der Waals surface area contributed by atoms with E-state index in [1.807, 2.05) is 22.7 Å². The average Bonchev–Trinajstić information content (AvgIpc) is 1.49. The molecule has 0 bridgehead atoms. The van der Waals surface area contributed by atoms with Crippen molar-refractivity contribution in [2.45, 2.75) is 278 Å². The zero-order valence-electron chi connectivity index (χ0n) is 58.6. The largest absolute Gasteiger partial charge is 0.481 e. The van der Waals surface area contributed by atoms with E-state index in [-0.39, 0.29) is 0 Å². The average molecular weight is 1300 g/mol. The first kappa shape index (κ1) is 68.9. The highest BCUT2D eigenvalue weighted by Crippen LogP contribution is 2.73. The van der Waals surface area contributed by atoms with Gasteiger partial charge >= 0.3 is 0 Å². The van der Waals surface area contributed by atoms with E-state index in [9.17, 15) is 0 Å². The molecule has 1 aliphatic heterocycles. The first-order valence-corrected chi connectivity index (χ1v) is 40.9. The Bertz CT molecular complexity index is 3420. The SMILES string of the molecule is CCCCCCc1ccc(C2(c3ccc(CCCCCC)cc3)c3ccsc3-c3sc4c(c32)OC(CCC(C)CCCC(C)C)(CCC(C)CCCC(C)C)c2c-4sc3c2C(c2ccc(CCCCCC)cc2)(c2ccc(CCCCCC)cc2)c2ccsc2-3)cc1. The first-order valence-electron chi connectivity index (χ1n) is 37.5. The lowest BCUT2D eigenvalue weighted by Gasteiger charge is -2.44. The van der Waals surface area contributed by atoms with E-state index in [1.54, 1.807) is 0 Å². The van der Waals surface area contributed by atoms with Crippen LogP contribution in [-0.2, 0) is 42.1 Å². The normalized spacial score (nSPS) is 16.3. The van der Waals surface area contributed by atoms with Crippen LogP contribution in [0.1, 0.15) is 309 Å². The van der Waals surface area contributed by atoms with Gasteiger partial charge in [0.15, 0.2) is 0 Å². The van der Waals surface area contributed by atoms with Crippen molar-refractivity contribution < 1.29 is 4.74 Å². The third-order valence-electron chi connectivity index (χ3n) is 21.9. The number of unbranched alkanes of at least 4 members (excludes halogenated alkanes) is 12. The van der Waals surface area contributed by atoms with Crippen LogP contribution in [0.5, 0.6) is 5.75 Å². The van der Waals surface area contributed by atoms with E-state index in [1.165, 1.54) is 249 Å². The van der Waals surface area contributed by atoms with Gasteiger partial charge in [-0.25, -0.2) is 0 Å². The molecule has 5 heteroatoms. The summed E-state index contributed by atoms with van der Waals surface area (Å²) in [6.07, 6.45) is 36.9. The molecule has 2 aliphatic carbocycles. The Morgan fingerprint density at radius 1 is 0.326 bits per heavy atom. The van der Waals surface area contributed by atoms with Crippen molar-refractivity contribution in [3.8, 4) is 35.0 Å². The highest BCUT2D eigenvalue weighted by Gasteiger charge is 2.59. The Balaban J connectivity index is 1.17. The molecule has 492 valence electrons. The molecule has 8 aromatic rings. The van der Waals surface area contributed by atoms with Crippen LogP contribution in [0.15, 0.2) is 120 Å². The summed E-state index contributed by atoms with van der Waals surface area (Å²) in [5.41, 5.74) is 17.2. The monoisotopic (exact) mass is 1300 g/mol. The van der Waals surface area contributed by atoms with Gasteiger partial charge in [0.05, 0.1) is 30.3 Å². The second-order valence-electron chi connectivity index (χ2n) is 29.9. The van der Waals surface area contributed by atoms with Crippen molar-refractivity contribution in [3.05, 3.63) is 192 Å². The molecule has 0 spiro atoms. The molecule has 92 heavy (non-hydrogen) atoms. The van der Waals surface area contributed by atoms with Gasteiger partial charge in [-0.2, -0.15) is 0 Å². The number of hydrogen-bond donors (Lipinski definition) is 0. The molecule has 2 atom stereocenters. The molecule has 4 aromatic carbocycles. The highest BCUT2D eigenvalue weighted by atomic mass is 32.1. The van der Waals surface area contributed by atoms with Crippen LogP contribution in [0.3, 0.4) is 0 Å². The number of thiophene rings is 4. The minimum atomic E-state index is -0.579. The first-order chi connectivity index (χ1) is 44.9. The van der Waals surface area contributed by atoms with Gasteiger partial charge in [0.25, 0.3) is 0 Å². The van der Waals surface area contributed by atoms with Crippen molar-refractivity contribution in [3.63, 3.8) is 0 Å². The standard InChI is InChI=1S/C87H114OS4/c1-11-15-19-23-33-65-37-45-69(46-38-65)86(70-47-39-66(40-48-70)34-24-20-16-12-2)73-55-59-89-79(73)82-76(86)75-81(91-82)84-78(88-85(75,57-53-63(9)31-27-29-61(5)6)58-54-64(10)32-28-30-62(7)8)77-83(92-84)80-74(56-60-90-80)87(77,71-49-41-67(42-50-71)35-25-21-17-13-3)72-51-43-68(44-52-72)36-26-22-18-14-4/h37-52,55-56,59-64H,11-36,53-54,57-58H2,1-10H3. The predicted octanol–water partition coefficient (Wildman–Crippen LogP) is 27.9. The molecule has 0 radical (unpaired) electrons. The summed E-state index contributed by atoms with van der Waals surface area (Å²) in [7, 11) is 0. The second-order valence-corrected chi connectivity index (χ2v) is 33.7. The maximum atomic E-state index is 8.93. The molecule has 1 nitrogen and oxygen atoms in total. The van der Waals surface area contributed by atoms with Gasteiger partial charge in [0.1, 0.15) is 11.4 Å². The molecule has 5 heterocycles. The van der Waals surface area contributed by atoms with Crippen LogP contribution in [-0.4, -0.2) is 0 Å². The van der Waals surface area contributed by atoms with Gasteiger partial charge in [0, 0.05) is 20.9 Å². The van der Waals surface area contributed by atoms with Gasteiger partial charge in [-0.15, -0.1) is 45.3 Å². The molecule has 2 unspecified atom stereocenters. The van der Waals surface area contributed by atoms with E-state index in [0.717, 1.165) is 63.2 Å². The maximum Gasteiger partial charge on any atom is 0.145 e. The summed E-state index contributed by atoms with van der Waals surface area (Å²) < 4.78 is 8.93. The van der Waals surface area contributed by atoms with Crippen LogP contribution in [0, 0.1) is 23.7 Å². The number of ether oxygens (including phenoxy) is 1. The molecule has 11 rings (SSSR count). The molecule has 0 N–H and O–H groups in total. The minimum Gasteiger partial charge on any atom is -0.481 e. The Kier molecular flexibility index (Phi) is 24.0. The molecule has 0 saturated carbocycles. The lowest BCUT2D eigenvalue weighted by atomic mass is 9.64. The Morgan fingerprint density at radius 2 is 0.663 bits per heavy atom. The van der Waals surface area contributed by atoms with Crippen molar-refractivity contribution in [1.29, 1.82) is 0 Å². The molecule has 4 aromatic heterocycles. The van der Waals surface area contributed by atoms with Crippen LogP contribution >= 0.6 is 45.3 Å². The highest BCUT2D eigenvalue weighted by molar-refractivity contribution is 7.29. The molecule has 0 fully saturated rings. The van der Waals surface area contributed by atoms with Gasteiger partial charge in [0.2, 0.25) is 0 Å². The summed E-state index contributed by atoms with van der Waals surface area (Å²) in [5.74, 6) is 3.78. The van der Waals surface area contributed by atoms with E-state index in [2.05, 4.69) is 212 Å². The fourth-order valence-corrected chi connectivity index (χ4v) is 21.6. The Hall–Kier alpha value is -4.52. The molecule has 3 aliphatic rings. The third kappa shape index (κ3) is 14.3. The summed E-state index contributed by atoms with van der Waals surface area (Å²) in [4.78, 5) is 8.69. The van der Waals surface area contributed by atoms with Crippen molar-refractivity contribution >= 4 is 45.3 Å². The van der Waals surface area contributed by atoms with E-state index in [0.29, 0.717) is 11.8 Å². The summed E-state index contributed by atoms with van der Waals surface area (Å²) >= 11 is 8.18.